The van der Waals surface area contributed by atoms with Crippen LogP contribution in [0.4, 0.5) is 0 Å². The van der Waals surface area contributed by atoms with Crippen LogP contribution in [0.1, 0.15) is 24.9 Å². The molecule has 0 aliphatic heterocycles. The quantitative estimate of drug-likeness (QED) is 0.884. The number of carboxylic acid groups (broad SMARTS) is 1. The molecule has 2 N–H and O–H groups in total. The molecule has 2 rings (SSSR count). The number of aliphatic carboxylic acids is 1. The minimum absolute atomic E-state index is 0.127. The van der Waals surface area contributed by atoms with Gasteiger partial charge in [0.25, 0.3) is 0 Å². The minimum Gasteiger partial charge on any atom is -0.481 e. The number of carbonyl (C=O) groups is 2. The van der Waals surface area contributed by atoms with E-state index in [0.717, 1.165) is 16.3 Å². The van der Waals surface area contributed by atoms with Crippen LogP contribution in [0, 0.1) is 0 Å². The molecule has 0 aliphatic carbocycles. The third-order valence-electron chi connectivity index (χ3n) is 2.93. The fraction of sp³-hybridized carbons (Fsp3) is 0.200. The highest BCUT2D eigenvalue weighted by atomic mass is 16.4. The molecule has 0 spiro atoms. The zero-order valence-electron chi connectivity index (χ0n) is 10.6. The van der Waals surface area contributed by atoms with Gasteiger partial charge in [0.2, 0.25) is 5.91 Å². The van der Waals surface area contributed by atoms with Crippen molar-refractivity contribution in [2.24, 2.45) is 0 Å². The molecule has 4 nitrogen and oxygen atoms in total. The summed E-state index contributed by atoms with van der Waals surface area (Å²) in [5.74, 6) is -1.17. The summed E-state index contributed by atoms with van der Waals surface area (Å²) in [5, 5.41) is 13.7. The van der Waals surface area contributed by atoms with E-state index in [2.05, 4.69) is 5.32 Å². The van der Waals surface area contributed by atoms with Gasteiger partial charge in [0.15, 0.2) is 0 Å². The summed E-state index contributed by atoms with van der Waals surface area (Å²) in [6.45, 7) is 1.38. The van der Waals surface area contributed by atoms with Crippen molar-refractivity contribution in [2.45, 2.75) is 19.4 Å². The number of fused-ring (bicyclic) bond motifs is 1. The first-order valence-electron chi connectivity index (χ1n) is 6.04. The Balaban J connectivity index is 2.37. The smallest absolute Gasteiger partial charge is 0.305 e. The van der Waals surface area contributed by atoms with E-state index in [1.807, 2.05) is 42.5 Å². The number of hydrogen-bond acceptors (Lipinski definition) is 2. The first-order valence-corrected chi connectivity index (χ1v) is 6.04. The zero-order valence-corrected chi connectivity index (χ0v) is 10.6. The topological polar surface area (TPSA) is 66.4 Å². The predicted molar refractivity (Wildman–Crippen MR) is 72.8 cm³/mol. The molecule has 2 aromatic carbocycles. The molecule has 1 atom stereocenters. The lowest BCUT2D eigenvalue weighted by Crippen LogP contribution is -2.27. The molecule has 0 radical (unpaired) electrons. The molecule has 0 saturated carbocycles. The summed E-state index contributed by atoms with van der Waals surface area (Å²) in [6, 6.07) is 13.0. The van der Waals surface area contributed by atoms with Crippen molar-refractivity contribution >= 4 is 22.6 Å². The number of carbonyl (C=O) groups excluding carboxylic acids is 1. The Labute approximate surface area is 111 Å². The highest BCUT2D eigenvalue weighted by Gasteiger charge is 2.16. The van der Waals surface area contributed by atoms with Crippen LogP contribution in [0.2, 0.25) is 0 Å². The van der Waals surface area contributed by atoms with Gasteiger partial charge in [0, 0.05) is 6.92 Å². The molecular weight excluding hydrogens is 242 g/mol. The third-order valence-corrected chi connectivity index (χ3v) is 2.93. The van der Waals surface area contributed by atoms with Crippen LogP contribution < -0.4 is 5.32 Å². The van der Waals surface area contributed by atoms with E-state index >= 15 is 0 Å². The molecule has 1 amide bonds. The number of nitrogens with one attached hydrogen (secondary N) is 1. The number of hydrogen-bond donors (Lipinski definition) is 2. The Morgan fingerprint density at radius 2 is 1.84 bits per heavy atom. The van der Waals surface area contributed by atoms with Crippen LogP contribution >= 0.6 is 0 Å². The van der Waals surface area contributed by atoms with Crippen molar-refractivity contribution in [3.8, 4) is 0 Å². The summed E-state index contributed by atoms with van der Waals surface area (Å²) in [6.07, 6.45) is -0.127. The van der Waals surface area contributed by atoms with Crippen molar-refractivity contribution in [3.63, 3.8) is 0 Å². The zero-order chi connectivity index (χ0) is 13.8. The van der Waals surface area contributed by atoms with Gasteiger partial charge in [-0.05, 0) is 22.4 Å². The number of rotatable bonds is 4. The van der Waals surface area contributed by atoms with Gasteiger partial charge in [0.05, 0.1) is 12.5 Å². The number of carboxylic acids is 1. The maximum absolute atomic E-state index is 11.2. The summed E-state index contributed by atoms with van der Waals surface area (Å²) in [7, 11) is 0. The van der Waals surface area contributed by atoms with Crippen LogP contribution in [0.15, 0.2) is 42.5 Å². The van der Waals surface area contributed by atoms with Gasteiger partial charge >= 0.3 is 5.97 Å². The lowest BCUT2D eigenvalue weighted by Gasteiger charge is -2.16. The van der Waals surface area contributed by atoms with Gasteiger partial charge in [-0.1, -0.05) is 36.4 Å². The van der Waals surface area contributed by atoms with Gasteiger partial charge in [-0.25, -0.2) is 0 Å². The standard InChI is InChI=1S/C15H15NO3/c1-10(17)16-14(9-15(18)19)13-7-6-11-4-2-3-5-12(11)8-13/h2-8,14H,9H2,1H3,(H,16,17)(H,18,19)/t14-/m0/s1. The van der Waals surface area contributed by atoms with Crippen molar-refractivity contribution in [1.29, 1.82) is 0 Å². The highest BCUT2D eigenvalue weighted by molar-refractivity contribution is 5.83. The molecule has 0 heterocycles. The molecule has 0 fully saturated rings. The second-order valence-corrected chi connectivity index (χ2v) is 4.46. The normalized spacial score (nSPS) is 12.1. The van der Waals surface area contributed by atoms with Crippen LogP contribution in [0.5, 0.6) is 0 Å². The predicted octanol–water partition coefficient (Wildman–Crippen LogP) is 2.49. The monoisotopic (exact) mass is 257 g/mol. The average molecular weight is 257 g/mol. The molecule has 4 heteroatoms. The second-order valence-electron chi connectivity index (χ2n) is 4.46. The van der Waals surface area contributed by atoms with Crippen LogP contribution in [0.25, 0.3) is 10.8 Å². The first kappa shape index (κ1) is 13.1. The highest BCUT2D eigenvalue weighted by Crippen LogP contribution is 2.22. The summed E-state index contributed by atoms with van der Waals surface area (Å²) in [5.41, 5.74) is 0.802. The third kappa shape index (κ3) is 3.31. The molecule has 19 heavy (non-hydrogen) atoms. The van der Waals surface area contributed by atoms with Crippen LogP contribution in [0.3, 0.4) is 0 Å². The lowest BCUT2D eigenvalue weighted by atomic mass is 9.99. The Hall–Kier alpha value is -2.36. The van der Waals surface area contributed by atoms with Crippen molar-refractivity contribution in [3.05, 3.63) is 48.0 Å². The molecule has 0 aliphatic rings. The first-order chi connectivity index (χ1) is 9.06. The molecule has 0 saturated heterocycles. The van der Waals surface area contributed by atoms with E-state index in [9.17, 15) is 9.59 Å². The number of amides is 1. The average Bonchev–Trinajstić information content (AvgIpc) is 2.36. The Morgan fingerprint density at radius 1 is 1.16 bits per heavy atom. The fourth-order valence-corrected chi connectivity index (χ4v) is 2.10. The van der Waals surface area contributed by atoms with Crippen LogP contribution in [-0.2, 0) is 9.59 Å². The lowest BCUT2D eigenvalue weighted by molar-refractivity contribution is -0.137. The van der Waals surface area contributed by atoms with Crippen molar-refractivity contribution in [2.75, 3.05) is 0 Å². The summed E-state index contributed by atoms with van der Waals surface area (Å²) >= 11 is 0. The van der Waals surface area contributed by atoms with Crippen LogP contribution in [-0.4, -0.2) is 17.0 Å². The van der Waals surface area contributed by atoms with Gasteiger partial charge in [-0.3, -0.25) is 9.59 Å². The molecule has 98 valence electrons. The van der Waals surface area contributed by atoms with Crippen molar-refractivity contribution in [1.82, 2.24) is 5.32 Å². The van der Waals surface area contributed by atoms with Gasteiger partial charge in [0.1, 0.15) is 0 Å². The van der Waals surface area contributed by atoms with Crippen molar-refractivity contribution < 1.29 is 14.7 Å². The molecular formula is C15H15NO3. The maximum atomic E-state index is 11.2. The summed E-state index contributed by atoms with van der Waals surface area (Å²) < 4.78 is 0. The van der Waals surface area contributed by atoms with Gasteiger partial charge in [-0.2, -0.15) is 0 Å². The fourth-order valence-electron chi connectivity index (χ4n) is 2.10. The van der Waals surface area contributed by atoms with E-state index in [1.54, 1.807) is 0 Å². The van der Waals surface area contributed by atoms with E-state index < -0.39 is 12.0 Å². The Kier molecular flexibility index (Phi) is 3.80. The van der Waals surface area contributed by atoms with E-state index in [1.165, 1.54) is 6.92 Å². The van der Waals surface area contributed by atoms with Gasteiger partial charge < -0.3 is 10.4 Å². The molecule has 2 aromatic rings. The SMILES string of the molecule is CC(=O)N[C@@H](CC(=O)O)c1ccc2ccccc2c1. The maximum Gasteiger partial charge on any atom is 0.305 e. The van der Waals surface area contributed by atoms with E-state index in [0.29, 0.717) is 0 Å². The summed E-state index contributed by atoms with van der Waals surface area (Å²) in [4.78, 5) is 22.0. The van der Waals surface area contributed by atoms with E-state index in [-0.39, 0.29) is 12.3 Å². The largest absolute Gasteiger partial charge is 0.481 e. The minimum atomic E-state index is -0.938. The molecule has 0 aromatic heterocycles. The molecule has 0 bridgehead atoms. The number of benzene rings is 2. The second kappa shape index (κ2) is 5.52. The molecule has 0 unspecified atom stereocenters. The van der Waals surface area contributed by atoms with E-state index in [4.69, 9.17) is 5.11 Å². The van der Waals surface area contributed by atoms with Gasteiger partial charge in [-0.15, -0.1) is 0 Å². The Bertz CT molecular complexity index is 606. The Morgan fingerprint density at radius 3 is 2.47 bits per heavy atom.